The Morgan fingerprint density at radius 3 is 2.45 bits per heavy atom. The lowest BCUT2D eigenvalue weighted by molar-refractivity contribution is 0.0728. The summed E-state index contributed by atoms with van der Waals surface area (Å²) in [6.45, 7) is 7.73. The molecule has 264 valence electrons. The summed E-state index contributed by atoms with van der Waals surface area (Å²) in [5, 5.41) is 0.855. The summed E-state index contributed by atoms with van der Waals surface area (Å²) in [6.07, 6.45) is 1.70. The standard InChI is InChI=1S/C34H42FN5O8S/c1-20-14-28(38-13-12-37(3)22(17-38)19-46-4)21(2)31-30(20)23-8-11-39(18-26(23)34(43)48-31)33(42)25-15-27(35)24(16-29(25)47-5)32(41)36-49(44,45)40-9-6-7-10-40/h14-16,22H,6-13,17-19H2,1-5H3,(H,36,41)/t22-/m1/s1. The molecule has 4 heterocycles. The lowest BCUT2D eigenvalue weighted by Crippen LogP contribution is -2.53. The van der Waals surface area contributed by atoms with Crippen LogP contribution in [0.5, 0.6) is 5.75 Å². The number of amides is 2. The van der Waals surface area contributed by atoms with E-state index in [-0.39, 0.29) is 43.5 Å². The van der Waals surface area contributed by atoms with Gasteiger partial charge in [-0.3, -0.25) is 14.5 Å². The number of likely N-dealkylation sites (N-methyl/N-ethyl adjacent to an activating group) is 1. The number of piperazine rings is 1. The number of anilines is 1. The van der Waals surface area contributed by atoms with Crippen molar-refractivity contribution in [2.75, 3.05) is 72.0 Å². The van der Waals surface area contributed by atoms with Gasteiger partial charge in [0.15, 0.2) is 0 Å². The van der Waals surface area contributed by atoms with Crippen molar-refractivity contribution in [2.45, 2.75) is 45.7 Å². The van der Waals surface area contributed by atoms with Crippen molar-refractivity contribution >= 4 is 38.7 Å². The van der Waals surface area contributed by atoms with Gasteiger partial charge < -0.3 is 23.7 Å². The minimum atomic E-state index is -4.15. The molecule has 13 nitrogen and oxygen atoms in total. The Bertz CT molecular complexity index is 1980. The molecule has 3 aliphatic heterocycles. The molecular weight excluding hydrogens is 657 g/mol. The Labute approximate surface area is 284 Å². The summed E-state index contributed by atoms with van der Waals surface area (Å²) in [5.41, 5.74) is 3.26. The van der Waals surface area contributed by atoms with E-state index in [1.54, 1.807) is 7.11 Å². The molecule has 0 spiro atoms. The Hall–Kier alpha value is -4.05. The zero-order chi connectivity index (χ0) is 35.2. The number of methoxy groups -OCH3 is 2. The molecule has 2 fully saturated rings. The normalized spacial score (nSPS) is 18.9. The zero-order valence-electron chi connectivity index (χ0n) is 28.4. The zero-order valence-corrected chi connectivity index (χ0v) is 29.2. The molecule has 0 radical (unpaired) electrons. The molecule has 3 aromatic rings. The van der Waals surface area contributed by atoms with Gasteiger partial charge in [-0.25, -0.2) is 13.9 Å². The van der Waals surface area contributed by atoms with Crippen molar-refractivity contribution in [2.24, 2.45) is 0 Å². The van der Waals surface area contributed by atoms with Crippen molar-refractivity contribution in [3.05, 3.63) is 67.8 Å². The van der Waals surface area contributed by atoms with Crippen LogP contribution >= 0.6 is 0 Å². The van der Waals surface area contributed by atoms with Crippen LogP contribution in [0.3, 0.4) is 0 Å². The number of aryl methyl sites for hydroxylation is 2. The van der Waals surface area contributed by atoms with Gasteiger partial charge in [-0.05, 0) is 69.5 Å². The van der Waals surface area contributed by atoms with E-state index < -0.39 is 39.0 Å². The van der Waals surface area contributed by atoms with Crippen molar-refractivity contribution < 1.29 is 36.3 Å². The van der Waals surface area contributed by atoms with Gasteiger partial charge in [-0.2, -0.15) is 12.7 Å². The van der Waals surface area contributed by atoms with Crippen molar-refractivity contribution in [1.29, 1.82) is 0 Å². The third-order valence-corrected chi connectivity index (χ3v) is 11.4. The number of carbonyl (C=O) groups excluding carboxylic acids is 2. The van der Waals surface area contributed by atoms with E-state index in [2.05, 4.69) is 22.9 Å². The van der Waals surface area contributed by atoms with Crippen LogP contribution in [0.2, 0.25) is 0 Å². The number of carbonyl (C=O) groups is 2. The van der Waals surface area contributed by atoms with Gasteiger partial charge in [0.1, 0.15) is 17.1 Å². The van der Waals surface area contributed by atoms with Gasteiger partial charge >= 0.3 is 15.8 Å². The monoisotopic (exact) mass is 699 g/mol. The summed E-state index contributed by atoms with van der Waals surface area (Å²) in [4.78, 5) is 46.1. The van der Waals surface area contributed by atoms with Gasteiger partial charge in [0, 0.05) is 63.0 Å². The fourth-order valence-electron chi connectivity index (χ4n) is 7.19. The van der Waals surface area contributed by atoms with Crippen molar-refractivity contribution in [3.8, 4) is 5.75 Å². The molecule has 3 aliphatic rings. The fourth-order valence-corrected chi connectivity index (χ4v) is 8.40. The van der Waals surface area contributed by atoms with E-state index in [1.807, 2.05) is 18.6 Å². The molecule has 2 saturated heterocycles. The minimum Gasteiger partial charge on any atom is -0.496 e. The summed E-state index contributed by atoms with van der Waals surface area (Å²) in [6, 6.07) is 4.23. The summed E-state index contributed by atoms with van der Waals surface area (Å²) in [5.74, 6) is -2.98. The first-order chi connectivity index (χ1) is 23.3. The van der Waals surface area contributed by atoms with E-state index in [4.69, 9.17) is 13.9 Å². The van der Waals surface area contributed by atoms with E-state index >= 15 is 4.39 Å². The Morgan fingerprint density at radius 2 is 1.76 bits per heavy atom. The number of nitrogens with one attached hydrogen (secondary N) is 1. The predicted octanol–water partition coefficient (Wildman–Crippen LogP) is 2.59. The molecule has 15 heteroatoms. The van der Waals surface area contributed by atoms with Crippen LogP contribution in [-0.2, 0) is 27.9 Å². The average Bonchev–Trinajstić information content (AvgIpc) is 3.63. The van der Waals surface area contributed by atoms with Crippen molar-refractivity contribution in [3.63, 3.8) is 0 Å². The number of benzene rings is 2. The molecule has 1 atom stereocenters. The number of nitrogens with zero attached hydrogens (tertiary/aromatic N) is 4. The average molecular weight is 700 g/mol. The molecule has 0 unspecified atom stereocenters. The molecule has 0 bridgehead atoms. The van der Waals surface area contributed by atoms with E-state index in [1.165, 1.54) is 12.0 Å². The van der Waals surface area contributed by atoms with Crippen LogP contribution in [0.4, 0.5) is 10.1 Å². The highest BCUT2D eigenvalue weighted by molar-refractivity contribution is 7.87. The SMILES string of the molecule is COC[C@H]1CN(c2cc(C)c3c4c(c(=O)oc3c2C)CN(C(=O)c2cc(F)c(C(=O)NS(=O)(=O)N3CCCC3)cc2OC)CC4)CCN1C. The minimum absolute atomic E-state index is 0.0646. The molecule has 6 rings (SSSR count). The second-order valence-electron chi connectivity index (χ2n) is 13.0. The maximum atomic E-state index is 15.3. The van der Waals surface area contributed by atoms with Crippen LogP contribution in [0, 0.1) is 19.7 Å². The number of hydrogen-bond acceptors (Lipinski definition) is 10. The Morgan fingerprint density at radius 1 is 1.02 bits per heavy atom. The number of rotatable bonds is 8. The van der Waals surface area contributed by atoms with E-state index in [0.717, 1.165) is 63.8 Å². The van der Waals surface area contributed by atoms with Crippen LogP contribution in [-0.4, -0.2) is 108 Å². The predicted molar refractivity (Wildman–Crippen MR) is 181 cm³/mol. The summed E-state index contributed by atoms with van der Waals surface area (Å²) >= 11 is 0. The molecular formula is C34H42FN5O8S. The third-order valence-electron chi connectivity index (χ3n) is 9.94. The largest absolute Gasteiger partial charge is 0.496 e. The second kappa shape index (κ2) is 13.7. The quantitative estimate of drug-likeness (QED) is 0.349. The lowest BCUT2D eigenvalue weighted by atomic mass is 9.92. The van der Waals surface area contributed by atoms with Gasteiger partial charge in [-0.1, -0.05) is 0 Å². The van der Waals surface area contributed by atoms with Crippen molar-refractivity contribution in [1.82, 2.24) is 18.8 Å². The van der Waals surface area contributed by atoms with E-state index in [9.17, 15) is 22.8 Å². The molecule has 2 aromatic carbocycles. The number of hydrogen-bond donors (Lipinski definition) is 1. The molecule has 2 amide bonds. The Kier molecular flexibility index (Phi) is 9.72. The molecule has 1 aromatic heterocycles. The second-order valence-corrected chi connectivity index (χ2v) is 14.6. The van der Waals surface area contributed by atoms with E-state index in [0.29, 0.717) is 37.0 Å². The van der Waals surface area contributed by atoms with Crippen LogP contribution < -0.4 is 20.0 Å². The first-order valence-electron chi connectivity index (χ1n) is 16.4. The Balaban J connectivity index is 1.26. The number of ether oxygens (including phenoxy) is 2. The molecule has 49 heavy (non-hydrogen) atoms. The van der Waals surface area contributed by atoms with Crippen LogP contribution in [0.15, 0.2) is 27.4 Å². The maximum Gasteiger partial charge on any atom is 0.341 e. The third kappa shape index (κ3) is 6.52. The number of fused-ring (bicyclic) bond motifs is 3. The highest BCUT2D eigenvalue weighted by Gasteiger charge is 2.33. The highest BCUT2D eigenvalue weighted by Crippen LogP contribution is 2.36. The molecule has 1 N–H and O–H groups in total. The molecule has 0 aliphatic carbocycles. The van der Waals surface area contributed by atoms with Gasteiger partial charge in [-0.15, -0.1) is 0 Å². The maximum absolute atomic E-state index is 15.3. The van der Waals surface area contributed by atoms with Gasteiger partial charge in [0.2, 0.25) is 0 Å². The smallest absolute Gasteiger partial charge is 0.341 e. The topological polar surface area (TPSA) is 142 Å². The van der Waals surface area contributed by atoms with Gasteiger partial charge in [0.25, 0.3) is 11.8 Å². The molecule has 0 saturated carbocycles. The first-order valence-corrected chi connectivity index (χ1v) is 17.8. The fraction of sp³-hybridized carbons (Fsp3) is 0.500. The van der Waals surface area contributed by atoms with Gasteiger partial charge in [0.05, 0.1) is 43.0 Å². The number of halogens is 1. The summed E-state index contributed by atoms with van der Waals surface area (Å²) < 4.78 is 60.3. The van der Waals surface area contributed by atoms with Crippen LogP contribution in [0.1, 0.15) is 55.8 Å². The van der Waals surface area contributed by atoms with Crippen LogP contribution in [0.25, 0.3) is 11.0 Å². The highest BCUT2D eigenvalue weighted by atomic mass is 32.2. The first kappa shape index (κ1) is 34.8. The summed E-state index contributed by atoms with van der Waals surface area (Å²) in [7, 11) is 0.895. The lowest BCUT2D eigenvalue weighted by Gasteiger charge is -2.41.